The number of nitrogens with zero attached hydrogens (tertiary/aromatic N) is 2. The summed E-state index contributed by atoms with van der Waals surface area (Å²) < 4.78 is 0. The Labute approximate surface area is 71.9 Å². The average molecular weight is 179 g/mol. The Bertz CT molecular complexity index is 420. The molecule has 0 saturated carbocycles. The minimum Gasteiger partial charge on any atom is -0.329 e. The molecule has 0 amide bonds. The minimum atomic E-state index is -0.122. The smallest absolute Gasteiger partial charge is 0.248 e. The van der Waals surface area contributed by atoms with Crippen LogP contribution in [0.15, 0.2) is 28.6 Å². The summed E-state index contributed by atoms with van der Waals surface area (Å²) in [6.45, 7) is 0. The molecule has 60 valence electrons. The van der Waals surface area contributed by atoms with Crippen molar-refractivity contribution in [3.8, 4) is 10.6 Å². The number of H-pyrrole nitrogens is 1. The molecule has 0 saturated heterocycles. The van der Waals surface area contributed by atoms with Crippen molar-refractivity contribution in [2.24, 2.45) is 0 Å². The second-order valence-electron chi connectivity index (χ2n) is 2.19. The highest BCUT2D eigenvalue weighted by atomic mass is 32.1. The standard InChI is InChI=1S/C7H5N3OS/c11-6-3-5(1-2-8-6)7-10-9-4-12-7/h1-4H,(H,8,11). The fourth-order valence-electron chi connectivity index (χ4n) is 0.876. The zero-order valence-electron chi connectivity index (χ0n) is 6.02. The van der Waals surface area contributed by atoms with Crippen molar-refractivity contribution in [1.82, 2.24) is 15.2 Å². The van der Waals surface area contributed by atoms with Crippen molar-refractivity contribution in [2.45, 2.75) is 0 Å². The zero-order valence-corrected chi connectivity index (χ0v) is 6.84. The van der Waals surface area contributed by atoms with Crippen molar-refractivity contribution < 1.29 is 0 Å². The molecule has 0 bridgehead atoms. The lowest BCUT2D eigenvalue weighted by Crippen LogP contribution is -2.01. The fourth-order valence-corrected chi connectivity index (χ4v) is 1.43. The molecule has 12 heavy (non-hydrogen) atoms. The van der Waals surface area contributed by atoms with Crippen LogP contribution in [-0.2, 0) is 0 Å². The predicted molar refractivity (Wildman–Crippen MR) is 46.0 cm³/mol. The Balaban J connectivity index is 2.55. The van der Waals surface area contributed by atoms with Crippen LogP contribution in [0.5, 0.6) is 0 Å². The Kier molecular flexibility index (Phi) is 1.71. The van der Waals surface area contributed by atoms with E-state index in [-0.39, 0.29) is 5.56 Å². The van der Waals surface area contributed by atoms with Gasteiger partial charge < -0.3 is 4.98 Å². The molecule has 0 aliphatic rings. The summed E-state index contributed by atoms with van der Waals surface area (Å²) in [5, 5.41) is 8.29. The number of pyridine rings is 1. The third-order valence-electron chi connectivity index (χ3n) is 1.38. The molecule has 4 nitrogen and oxygen atoms in total. The van der Waals surface area contributed by atoms with E-state index in [0.29, 0.717) is 0 Å². The number of rotatable bonds is 1. The molecule has 2 aromatic heterocycles. The average Bonchev–Trinajstić information content (AvgIpc) is 2.56. The van der Waals surface area contributed by atoms with E-state index in [4.69, 9.17) is 0 Å². The van der Waals surface area contributed by atoms with Gasteiger partial charge in [0.05, 0.1) is 0 Å². The molecule has 0 aromatic carbocycles. The number of hydrogen-bond donors (Lipinski definition) is 1. The lowest BCUT2D eigenvalue weighted by atomic mass is 10.3. The van der Waals surface area contributed by atoms with E-state index < -0.39 is 0 Å². The van der Waals surface area contributed by atoms with Crippen molar-refractivity contribution in [2.75, 3.05) is 0 Å². The first-order valence-corrected chi connectivity index (χ1v) is 4.19. The summed E-state index contributed by atoms with van der Waals surface area (Å²) in [6, 6.07) is 3.29. The van der Waals surface area contributed by atoms with Crippen LogP contribution in [0.1, 0.15) is 0 Å². The second kappa shape index (κ2) is 2.86. The summed E-state index contributed by atoms with van der Waals surface area (Å²) in [4.78, 5) is 13.4. The van der Waals surface area contributed by atoms with Crippen LogP contribution in [0.25, 0.3) is 10.6 Å². The van der Waals surface area contributed by atoms with Gasteiger partial charge in [-0.1, -0.05) is 11.3 Å². The number of aromatic nitrogens is 3. The van der Waals surface area contributed by atoms with Gasteiger partial charge in [0.15, 0.2) is 0 Å². The normalized spacial score (nSPS) is 10.0. The van der Waals surface area contributed by atoms with Crippen LogP contribution in [0.3, 0.4) is 0 Å². The van der Waals surface area contributed by atoms with Crippen LogP contribution < -0.4 is 5.56 Å². The lowest BCUT2D eigenvalue weighted by molar-refractivity contribution is 1.09. The summed E-state index contributed by atoms with van der Waals surface area (Å²) in [5.74, 6) is 0. The van der Waals surface area contributed by atoms with Crippen LogP contribution >= 0.6 is 11.3 Å². The maximum atomic E-state index is 10.9. The molecule has 2 heterocycles. The largest absolute Gasteiger partial charge is 0.329 e. The third kappa shape index (κ3) is 1.26. The van der Waals surface area contributed by atoms with Gasteiger partial charge in [0, 0.05) is 17.8 Å². The molecule has 5 heteroatoms. The van der Waals surface area contributed by atoms with Gasteiger partial charge in [0.2, 0.25) is 5.56 Å². The minimum absolute atomic E-state index is 0.122. The maximum Gasteiger partial charge on any atom is 0.248 e. The van der Waals surface area contributed by atoms with Gasteiger partial charge in [-0.05, 0) is 6.07 Å². The van der Waals surface area contributed by atoms with E-state index in [1.54, 1.807) is 17.8 Å². The monoisotopic (exact) mass is 179 g/mol. The number of nitrogens with one attached hydrogen (secondary N) is 1. The maximum absolute atomic E-state index is 10.9. The summed E-state index contributed by atoms with van der Waals surface area (Å²) in [7, 11) is 0. The molecule has 0 aliphatic heterocycles. The molecule has 0 radical (unpaired) electrons. The van der Waals surface area contributed by atoms with Gasteiger partial charge in [0.1, 0.15) is 10.5 Å². The molecule has 0 aliphatic carbocycles. The first-order chi connectivity index (χ1) is 5.86. The van der Waals surface area contributed by atoms with Gasteiger partial charge in [0.25, 0.3) is 0 Å². The molecular weight excluding hydrogens is 174 g/mol. The lowest BCUT2D eigenvalue weighted by Gasteiger charge is -1.90. The van der Waals surface area contributed by atoms with Gasteiger partial charge in [-0.25, -0.2) is 0 Å². The zero-order chi connectivity index (χ0) is 8.39. The Morgan fingerprint density at radius 1 is 1.50 bits per heavy atom. The van der Waals surface area contributed by atoms with E-state index in [1.807, 2.05) is 0 Å². The van der Waals surface area contributed by atoms with Crippen LogP contribution in [0.2, 0.25) is 0 Å². The first kappa shape index (κ1) is 7.17. The molecule has 0 spiro atoms. The Hall–Kier alpha value is -1.49. The van der Waals surface area contributed by atoms with Crippen LogP contribution in [0.4, 0.5) is 0 Å². The highest BCUT2D eigenvalue weighted by molar-refractivity contribution is 7.12. The van der Waals surface area contributed by atoms with E-state index in [2.05, 4.69) is 15.2 Å². The molecule has 1 N–H and O–H groups in total. The quantitative estimate of drug-likeness (QED) is 0.707. The highest BCUT2D eigenvalue weighted by Gasteiger charge is 1.99. The molecule has 0 atom stereocenters. The fraction of sp³-hybridized carbons (Fsp3) is 0. The van der Waals surface area contributed by atoms with Crippen LogP contribution in [0, 0.1) is 0 Å². The van der Waals surface area contributed by atoms with Crippen molar-refractivity contribution in [3.63, 3.8) is 0 Å². The molecular formula is C7H5N3OS. The summed E-state index contributed by atoms with van der Waals surface area (Å²) >= 11 is 1.41. The van der Waals surface area contributed by atoms with E-state index in [1.165, 1.54) is 17.4 Å². The highest BCUT2D eigenvalue weighted by Crippen LogP contribution is 2.17. The summed E-state index contributed by atoms with van der Waals surface area (Å²) in [6.07, 6.45) is 1.60. The van der Waals surface area contributed by atoms with Gasteiger partial charge >= 0.3 is 0 Å². The number of aromatic amines is 1. The molecule has 2 rings (SSSR count). The molecule has 0 unspecified atom stereocenters. The van der Waals surface area contributed by atoms with E-state index >= 15 is 0 Å². The van der Waals surface area contributed by atoms with Crippen molar-refractivity contribution in [1.29, 1.82) is 0 Å². The Morgan fingerprint density at radius 3 is 3.08 bits per heavy atom. The second-order valence-corrected chi connectivity index (χ2v) is 3.02. The van der Waals surface area contributed by atoms with Crippen molar-refractivity contribution in [3.05, 3.63) is 34.2 Å². The van der Waals surface area contributed by atoms with Gasteiger partial charge in [-0.2, -0.15) is 0 Å². The SMILES string of the molecule is O=c1cc(-c2nncs2)cc[nH]1. The van der Waals surface area contributed by atoms with E-state index in [9.17, 15) is 4.79 Å². The Morgan fingerprint density at radius 2 is 2.42 bits per heavy atom. The van der Waals surface area contributed by atoms with Gasteiger partial charge in [-0.15, -0.1) is 10.2 Å². The van der Waals surface area contributed by atoms with Gasteiger partial charge in [-0.3, -0.25) is 4.79 Å². The first-order valence-electron chi connectivity index (χ1n) is 3.31. The number of hydrogen-bond acceptors (Lipinski definition) is 4. The predicted octanol–water partition coefficient (Wildman–Crippen LogP) is 0.893. The third-order valence-corrected chi connectivity index (χ3v) is 2.12. The van der Waals surface area contributed by atoms with E-state index in [0.717, 1.165) is 10.6 Å². The summed E-state index contributed by atoms with van der Waals surface area (Å²) in [5.41, 5.74) is 2.32. The topological polar surface area (TPSA) is 58.6 Å². The molecule has 0 fully saturated rings. The van der Waals surface area contributed by atoms with Crippen molar-refractivity contribution >= 4 is 11.3 Å². The molecule has 2 aromatic rings. The van der Waals surface area contributed by atoms with Crippen LogP contribution in [-0.4, -0.2) is 15.2 Å².